The van der Waals surface area contributed by atoms with Gasteiger partial charge in [-0.2, -0.15) is 5.10 Å². The maximum absolute atomic E-state index is 4.01. The van der Waals surface area contributed by atoms with Crippen LogP contribution in [0.15, 0.2) is 17.3 Å². The Bertz CT molecular complexity index is 136. The Hall–Kier alpha value is -0.790. The first kappa shape index (κ1) is 10.2. The second kappa shape index (κ2) is 5.96. The van der Waals surface area contributed by atoms with Crippen molar-refractivity contribution in [1.82, 2.24) is 5.43 Å². The lowest BCUT2D eigenvalue weighted by atomic mass is 10.2. The van der Waals surface area contributed by atoms with Crippen molar-refractivity contribution in [3.8, 4) is 0 Å². The summed E-state index contributed by atoms with van der Waals surface area (Å²) in [5, 5.41) is 4.01. The Morgan fingerprint density at radius 3 is 2.73 bits per heavy atom. The van der Waals surface area contributed by atoms with Crippen LogP contribution in [0.1, 0.15) is 33.6 Å². The number of nitrogens with one attached hydrogen (secondary N) is 1. The van der Waals surface area contributed by atoms with Crippen molar-refractivity contribution < 1.29 is 0 Å². The summed E-state index contributed by atoms with van der Waals surface area (Å²) < 4.78 is 0. The van der Waals surface area contributed by atoms with E-state index in [9.17, 15) is 0 Å². The average Bonchev–Trinajstić information content (AvgIpc) is 1.87. The lowest BCUT2D eigenvalue weighted by Crippen LogP contribution is -2.15. The summed E-state index contributed by atoms with van der Waals surface area (Å²) in [6.07, 6.45) is 3.96. The van der Waals surface area contributed by atoms with Crippen LogP contribution >= 0.6 is 0 Å². The molecule has 64 valence electrons. The summed E-state index contributed by atoms with van der Waals surface area (Å²) >= 11 is 0. The Morgan fingerprint density at radius 1 is 1.64 bits per heavy atom. The van der Waals surface area contributed by atoms with Gasteiger partial charge in [-0.25, -0.2) is 0 Å². The minimum atomic E-state index is 0.403. The van der Waals surface area contributed by atoms with Gasteiger partial charge in [0.15, 0.2) is 0 Å². The smallest absolute Gasteiger partial charge is 0.0494 e. The van der Waals surface area contributed by atoms with Crippen molar-refractivity contribution >= 4 is 6.21 Å². The Balaban J connectivity index is 3.48. The monoisotopic (exact) mass is 154 g/mol. The zero-order chi connectivity index (χ0) is 8.69. The molecular weight excluding hydrogens is 136 g/mol. The molecule has 0 unspecified atom stereocenters. The first-order valence-electron chi connectivity index (χ1n) is 4.13. The van der Waals surface area contributed by atoms with Crippen LogP contribution in [0, 0.1) is 0 Å². The number of hydrogen-bond donors (Lipinski definition) is 1. The molecular formula is C9H18N2. The molecule has 0 rings (SSSR count). The number of allylic oxidation sites excluding steroid dienone is 1. The molecule has 0 saturated carbocycles. The molecule has 2 nitrogen and oxygen atoms in total. The van der Waals surface area contributed by atoms with Gasteiger partial charge >= 0.3 is 0 Å². The third-order valence-corrected chi connectivity index (χ3v) is 1.15. The summed E-state index contributed by atoms with van der Waals surface area (Å²) in [5.74, 6) is 0. The molecule has 0 saturated heterocycles. The van der Waals surface area contributed by atoms with Crippen LogP contribution in [0.3, 0.4) is 0 Å². The highest BCUT2D eigenvalue weighted by Crippen LogP contribution is 1.96. The normalized spacial score (nSPS) is 10.9. The molecule has 0 aliphatic rings. The highest BCUT2D eigenvalue weighted by atomic mass is 15.3. The van der Waals surface area contributed by atoms with Crippen LogP contribution in [0.5, 0.6) is 0 Å². The second-order valence-corrected chi connectivity index (χ2v) is 2.95. The van der Waals surface area contributed by atoms with Gasteiger partial charge in [-0.3, -0.25) is 0 Å². The van der Waals surface area contributed by atoms with E-state index in [1.165, 1.54) is 0 Å². The Morgan fingerprint density at radius 2 is 2.27 bits per heavy atom. The van der Waals surface area contributed by atoms with Crippen molar-refractivity contribution in [1.29, 1.82) is 0 Å². The van der Waals surface area contributed by atoms with Crippen molar-refractivity contribution in [2.24, 2.45) is 5.10 Å². The summed E-state index contributed by atoms with van der Waals surface area (Å²) in [5.41, 5.74) is 4.03. The fourth-order valence-electron chi connectivity index (χ4n) is 0.663. The molecule has 0 aromatic heterocycles. The van der Waals surface area contributed by atoms with Gasteiger partial charge in [0.2, 0.25) is 0 Å². The van der Waals surface area contributed by atoms with Crippen molar-refractivity contribution in [2.75, 3.05) is 0 Å². The quantitative estimate of drug-likeness (QED) is 0.477. The molecule has 1 N–H and O–H groups in total. The summed E-state index contributed by atoms with van der Waals surface area (Å²) in [4.78, 5) is 0. The van der Waals surface area contributed by atoms with Gasteiger partial charge < -0.3 is 5.43 Å². The van der Waals surface area contributed by atoms with Crippen molar-refractivity contribution in [3.63, 3.8) is 0 Å². The van der Waals surface area contributed by atoms with Gasteiger partial charge in [-0.1, -0.05) is 19.9 Å². The summed E-state index contributed by atoms with van der Waals surface area (Å²) in [7, 11) is 0. The lowest BCUT2D eigenvalue weighted by molar-refractivity contribution is 0.622. The average molecular weight is 154 g/mol. The first-order valence-corrected chi connectivity index (χ1v) is 4.13. The molecule has 0 atom stereocenters. The van der Waals surface area contributed by atoms with Gasteiger partial charge in [-0.15, -0.1) is 0 Å². The largest absolute Gasteiger partial charge is 0.308 e. The van der Waals surface area contributed by atoms with E-state index in [1.807, 2.05) is 0 Å². The van der Waals surface area contributed by atoms with E-state index < -0.39 is 0 Å². The first-order chi connectivity index (χ1) is 5.16. The topological polar surface area (TPSA) is 24.4 Å². The molecule has 11 heavy (non-hydrogen) atoms. The number of hydrogen-bond acceptors (Lipinski definition) is 2. The predicted octanol–water partition coefficient (Wildman–Crippen LogP) is 2.33. The molecule has 2 heteroatoms. The third kappa shape index (κ3) is 7.10. The third-order valence-electron chi connectivity index (χ3n) is 1.15. The minimum Gasteiger partial charge on any atom is -0.308 e. The molecule has 0 aliphatic heterocycles. The zero-order valence-electron chi connectivity index (χ0n) is 7.72. The van der Waals surface area contributed by atoms with Gasteiger partial charge in [-0.05, 0) is 25.8 Å². The van der Waals surface area contributed by atoms with Crippen LogP contribution in [-0.4, -0.2) is 12.3 Å². The lowest BCUT2D eigenvalue weighted by Gasteiger charge is -2.02. The van der Waals surface area contributed by atoms with Crippen molar-refractivity contribution in [2.45, 2.75) is 39.7 Å². The molecule has 0 spiro atoms. The molecule has 0 aromatic rings. The maximum Gasteiger partial charge on any atom is 0.0494 e. The SMILES string of the molecule is C=C(/C=N/NC(C)C)CCC. The standard InChI is InChI=1S/C9H18N2/c1-5-6-9(4)7-10-11-8(2)3/h7-8,11H,4-6H2,1-3H3/b10-7+. The van der Waals surface area contributed by atoms with Gasteiger partial charge in [0.1, 0.15) is 0 Å². The highest BCUT2D eigenvalue weighted by Gasteiger charge is 1.87. The fraction of sp³-hybridized carbons (Fsp3) is 0.667. The van der Waals surface area contributed by atoms with Crippen LogP contribution in [0.2, 0.25) is 0 Å². The van der Waals surface area contributed by atoms with E-state index in [1.54, 1.807) is 6.21 Å². The molecule has 0 aromatic carbocycles. The minimum absolute atomic E-state index is 0.403. The van der Waals surface area contributed by atoms with Gasteiger partial charge in [0, 0.05) is 12.3 Å². The number of nitrogens with zero attached hydrogens (tertiary/aromatic N) is 1. The van der Waals surface area contributed by atoms with E-state index in [2.05, 4.69) is 37.9 Å². The molecule has 0 aliphatic carbocycles. The van der Waals surface area contributed by atoms with Crippen LogP contribution in [0.25, 0.3) is 0 Å². The molecule has 0 amide bonds. The predicted molar refractivity (Wildman–Crippen MR) is 50.8 cm³/mol. The Kier molecular flexibility index (Phi) is 5.53. The highest BCUT2D eigenvalue weighted by molar-refractivity contribution is 5.77. The van der Waals surface area contributed by atoms with Crippen LogP contribution in [-0.2, 0) is 0 Å². The molecule has 0 radical (unpaired) electrons. The summed E-state index contributed by atoms with van der Waals surface area (Å²) in [6.45, 7) is 10.1. The van der Waals surface area contributed by atoms with E-state index in [0.29, 0.717) is 6.04 Å². The molecule has 0 bridgehead atoms. The molecule has 0 heterocycles. The van der Waals surface area contributed by atoms with Gasteiger partial charge in [0.25, 0.3) is 0 Å². The van der Waals surface area contributed by atoms with E-state index in [4.69, 9.17) is 0 Å². The second-order valence-electron chi connectivity index (χ2n) is 2.95. The molecule has 0 fully saturated rings. The zero-order valence-corrected chi connectivity index (χ0v) is 7.72. The number of hydrazone groups is 1. The van der Waals surface area contributed by atoms with Gasteiger partial charge in [0.05, 0.1) is 0 Å². The van der Waals surface area contributed by atoms with Crippen molar-refractivity contribution in [3.05, 3.63) is 12.2 Å². The Labute approximate surface area is 69.4 Å². The number of rotatable bonds is 5. The fourth-order valence-corrected chi connectivity index (χ4v) is 0.663. The summed E-state index contributed by atoms with van der Waals surface area (Å²) in [6, 6.07) is 0.403. The van der Waals surface area contributed by atoms with E-state index in [-0.39, 0.29) is 0 Å². The van der Waals surface area contributed by atoms with E-state index in [0.717, 1.165) is 18.4 Å². The maximum atomic E-state index is 4.01. The van der Waals surface area contributed by atoms with E-state index >= 15 is 0 Å². The van der Waals surface area contributed by atoms with Crippen LogP contribution < -0.4 is 5.43 Å². The van der Waals surface area contributed by atoms with Crippen LogP contribution in [0.4, 0.5) is 0 Å².